The molecular weight excluding hydrogens is 112 g/mol. The largest absolute Gasteiger partial charge is 0.392 e. The van der Waals surface area contributed by atoms with E-state index in [0.717, 1.165) is 0 Å². The third kappa shape index (κ3) is 2.66. The van der Waals surface area contributed by atoms with Crippen molar-refractivity contribution in [2.45, 2.75) is 26.9 Å². The van der Waals surface area contributed by atoms with E-state index < -0.39 is 0 Å². The summed E-state index contributed by atoms with van der Waals surface area (Å²) in [6, 6.07) is 0. The van der Waals surface area contributed by atoms with Crippen LogP contribution in [0.3, 0.4) is 0 Å². The van der Waals surface area contributed by atoms with Crippen molar-refractivity contribution in [2.24, 2.45) is 11.8 Å². The maximum Gasteiger partial charge on any atom is 0.0622 e. The van der Waals surface area contributed by atoms with E-state index in [1.54, 1.807) is 6.08 Å². The van der Waals surface area contributed by atoms with Gasteiger partial charge in [-0.05, 0) is 11.8 Å². The quantitative estimate of drug-likeness (QED) is 0.575. The normalized spacial score (nSPS) is 17.4. The van der Waals surface area contributed by atoms with Gasteiger partial charge in [0.1, 0.15) is 0 Å². The van der Waals surface area contributed by atoms with Crippen molar-refractivity contribution in [3.05, 3.63) is 12.7 Å². The molecule has 9 heavy (non-hydrogen) atoms. The highest BCUT2D eigenvalue weighted by Gasteiger charge is 2.13. The van der Waals surface area contributed by atoms with Gasteiger partial charge in [-0.15, -0.1) is 6.58 Å². The molecule has 0 radical (unpaired) electrons. The maximum atomic E-state index is 9.32. The van der Waals surface area contributed by atoms with Crippen LogP contribution in [0.4, 0.5) is 0 Å². The van der Waals surface area contributed by atoms with Gasteiger partial charge in [-0.25, -0.2) is 0 Å². The average molecular weight is 128 g/mol. The van der Waals surface area contributed by atoms with Crippen molar-refractivity contribution in [3.8, 4) is 0 Å². The molecule has 0 aromatic carbocycles. The molecule has 0 amide bonds. The molecule has 0 aliphatic carbocycles. The Morgan fingerprint density at radius 1 is 1.33 bits per heavy atom. The highest BCUT2D eigenvalue weighted by molar-refractivity contribution is 4.82. The standard InChI is InChI=1S/C8H16O/c1-5-7(4)8(9)6(2)3/h5-9H,1H2,2-4H3/t7-,8-/m1/s1. The van der Waals surface area contributed by atoms with Crippen molar-refractivity contribution >= 4 is 0 Å². The second-order valence-electron chi connectivity index (χ2n) is 2.83. The minimum Gasteiger partial charge on any atom is -0.392 e. The lowest BCUT2D eigenvalue weighted by atomic mass is 9.95. The van der Waals surface area contributed by atoms with E-state index in [-0.39, 0.29) is 12.0 Å². The number of aliphatic hydroxyl groups is 1. The van der Waals surface area contributed by atoms with E-state index >= 15 is 0 Å². The molecule has 0 saturated heterocycles. The van der Waals surface area contributed by atoms with Crippen LogP contribution in [-0.4, -0.2) is 11.2 Å². The molecule has 0 saturated carbocycles. The summed E-state index contributed by atoms with van der Waals surface area (Å²) in [7, 11) is 0. The van der Waals surface area contributed by atoms with Gasteiger partial charge in [0.15, 0.2) is 0 Å². The molecule has 0 heterocycles. The summed E-state index contributed by atoms with van der Waals surface area (Å²) in [6.07, 6.45) is 1.55. The zero-order chi connectivity index (χ0) is 7.44. The first kappa shape index (κ1) is 8.70. The van der Waals surface area contributed by atoms with E-state index in [1.807, 2.05) is 20.8 Å². The summed E-state index contributed by atoms with van der Waals surface area (Å²) >= 11 is 0. The monoisotopic (exact) mass is 128 g/mol. The van der Waals surface area contributed by atoms with E-state index in [1.165, 1.54) is 0 Å². The van der Waals surface area contributed by atoms with Crippen LogP contribution in [0, 0.1) is 11.8 Å². The van der Waals surface area contributed by atoms with E-state index in [2.05, 4.69) is 6.58 Å². The van der Waals surface area contributed by atoms with Crippen LogP contribution in [-0.2, 0) is 0 Å². The number of hydrogen-bond donors (Lipinski definition) is 1. The molecular formula is C8H16O. The fraction of sp³-hybridized carbons (Fsp3) is 0.750. The predicted octanol–water partition coefficient (Wildman–Crippen LogP) is 1.83. The first-order chi connectivity index (χ1) is 4.09. The van der Waals surface area contributed by atoms with Crippen LogP contribution in [0.25, 0.3) is 0 Å². The Morgan fingerprint density at radius 2 is 1.78 bits per heavy atom. The van der Waals surface area contributed by atoms with E-state index in [4.69, 9.17) is 0 Å². The topological polar surface area (TPSA) is 20.2 Å². The summed E-state index contributed by atoms with van der Waals surface area (Å²) in [5, 5.41) is 9.32. The fourth-order valence-electron chi connectivity index (χ4n) is 0.747. The highest BCUT2D eigenvalue weighted by Crippen LogP contribution is 2.12. The molecule has 0 spiro atoms. The lowest BCUT2D eigenvalue weighted by Gasteiger charge is -2.18. The molecule has 0 fully saturated rings. The van der Waals surface area contributed by atoms with Crippen molar-refractivity contribution in [3.63, 3.8) is 0 Å². The number of rotatable bonds is 3. The minimum atomic E-state index is -0.234. The predicted molar refractivity (Wildman–Crippen MR) is 40.2 cm³/mol. The molecule has 0 rings (SSSR count). The molecule has 2 atom stereocenters. The highest BCUT2D eigenvalue weighted by atomic mass is 16.3. The molecule has 54 valence electrons. The van der Waals surface area contributed by atoms with Gasteiger partial charge in [-0.2, -0.15) is 0 Å². The second kappa shape index (κ2) is 3.67. The molecule has 0 aromatic rings. The summed E-state index contributed by atoms with van der Waals surface area (Å²) in [5.74, 6) is 0.544. The van der Waals surface area contributed by atoms with Crippen LogP contribution in [0.15, 0.2) is 12.7 Å². The van der Waals surface area contributed by atoms with Gasteiger partial charge in [0, 0.05) is 0 Å². The number of hydrogen-bond acceptors (Lipinski definition) is 1. The smallest absolute Gasteiger partial charge is 0.0622 e. The second-order valence-corrected chi connectivity index (χ2v) is 2.83. The van der Waals surface area contributed by atoms with Crippen molar-refractivity contribution in [1.82, 2.24) is 0 Å². The van der Waals surface area contributed by atoms with Crippen molar-refractivity contribution < 1.29 is 5.11 Å². The van der Waals surface area contributed by atoms with Crippen molar-refractivity contribution in [2.75, 3.05) is 0 Å². The maximum absolute atomic E-state index is 9.32. The zero-order valence-corrected chi connectivity index (χ0v) is 6.46. The summed E-state index contributed by atoms with van der Waals surface area (Å²) in [6.45, 7) is 9.58. The van der Waals surface area contributed by atoms with Gasteiger partial charge in [0.2, 0.25) is 0 Å². The van der Waals surface area contributed by atoms with Crippen LogP contribution >= 0.6 is 0 Å². The molecule has 0 aliphatic rings. The Morgan fingerprint density at radius 3 is 1.89 bits per heavy atom. The minimum absolute atomic E-state index is 0.213. The lowest BCUT2D eigenvalue weighted by Crippen LogP contribution is -2.21. The average Bonchev–Trinajstić information content (AvgIpc) is 1.84. The molecule has 0 aromatic heterocycles. The molecule has 0 aliphatic heterocycles. The van der Waals surface area contributed by atoms with Gasteiger partial charge < -0.3 is 5.11 Å². The van der Waals surface area contributed by atoms with Crippen molar-refractivity contribution in [1.29, 1.82) is 0 Å². The zero-order valence-electron chi connectivity index (χ0n) is 6.46. The summed E-state index contributed by atoms with van der Waals surface area (Å²) < 4.78 is 0. The van der Waals surface area contributed by atoms with E-state index in [0.29, 0.717) is 5.92 Å². The van der Waals surface area contributed by atoms with Crippen LogP contribution in [0.5, 0.6) is 0 Å². The Balaban J connectivity index is 3.71. The molecule has 1 nitrogen and oxygen atoms in total. The Labute approximate surface area is 57.4 Å². The SMILES string of the molecule is C=C[C@@H](C)[C@H](O)C(C)C. The third-order valence-corrected chi connectivity index (χ3v) is 1.59. The van der Waals surface area contributed by atoms with Crippen LogP contribution in [0.1, 0.15) is 20.8 Å². The molecule has 1 N–H and O–H groups in total. The van der Waals surface area contributed by atoms with Gasteiger partial charge >= 0.3 is 0 Å². The summed E-state index contributed by atoms with van der Waals surface area (Å²) in [5.41, 5.74) is 0. The molecule has 0 unspecified atom stereocenters. The lowest BCUT2D eigenvalue weighted by molar-refractivity contribution is 0.0913. The Kier molecular flexibility index (Phi) is 3.55. The van der Waals surface area contributed by atoms with Gasteiger partial charge in [0.25, 0.3) is 0 Å². The third-order valence-electron chi connectivity index (χ3n) is 1.59. The summed E-state index contributed by atoms with van der Waals surface area (Å²) in [4.78, 5) is 0. The molecule has 0 bridgehead atoms. The van der Waals surface area contributed by atoms with Crippen LogP contribution < -0.4 is 0 Å². The van der Waals surface area contributed by atoms with Gasteiger partial charge in [-0.1, -0.05) is 26.8 Å². The molecule has 1 heteroatoms. The van der Waals surface area contributed by atoms with Crippen LogP contribution in [0.2, 0.25) is 0 Å². The Bertz CT molecular complexity index is 86.6. The van der Waals surface area contributed by atoms with Gasteiger partial charge in [-0.3, -0.25) is 0 Å². The Hall–Kier alpha value is -0.300. The fourth-order valence-corrected chi connectivity index (χ4v) is 0.747. The first-order valence-corrected chi connectivity index (χ1v) is 3.40. The first-order valence-electron chi connectivity index (χ1n) is 3.40. The van der Waals surface area contributed by atoms with Gasteiger partial charge in [0.05, 0.1) is 6.10 Å². The number of aliphatic hydroxyl groups excluding tert-OH is 1. The van der Waals surface area contributed by atoms with E-state index in [9.17, 15) is 5.11 Å².